The fourth-order valence-electron chi connectivity index (χ4n) is 3.50. The Morgan fingerprint density at radius 2 is 2.00 bits per heavy atom. The van der Waals surface area contributed by atoms with Crippen LogP contribution in [0.25, 0.3) is 0 Å². The first-order valence-corrected chi connectivity index (χ1v) is 8.86. The van der Waals surface area contributed by atoms with Crippen LogP contribution in [0.15, 0.2) is 24.3 Å². The van der Waals surface area contributed by atoms with E-state index in [1.165, 1.54) is 5.56 Å². The Bertz CT molecular complexity index is 525. The summed E-state index contributed by atoms with van der Waals surface area (Å²) in [6.45, 7) is 4.94. The molecular weight excluding hydrogens is 288 g/mol. The van der Waals surface area contributed by atoms with Crippen molar-refractivity contribution in [2.75, 3.05) is 20.2 Å². The Hall–Kier alpha value is -1.55. The SMILES string of the molecule is CC[C@@H]1CN(C(=O)C2CC2)CC[C@H]1NCc1ccc(OC)cc1. The van der Waals surface area contributed by atoms with Gasteiger partial charge < -0.3 is 15.0 Å². The Morgan fingerprint density at radius 3 is 2.61 bits per heavy atom. The lowest BCUT2D eigenvalue weighted by Crippen LogP contribution is -2.51. The number of piperidine rings is 1. The molecule has 1 aromatic rings. The van der Waals surface area contributed by atoms with Gasteiger partial charge in [0.2, 0.25) is 5.91 Å². The Labute approximate surface area is 139 Å². The molecule has 3 rings (SSSR count). The van der Waals surface area contributed by atoms with Crippen molar-refractivity contribution in [3.05, 3.63) is 29.8 Å². The van der Waals surface area contributed by atoms with E-state index >= 15 is 0 Å². The zero-order valence-electron chi connectivity index (χ0n) is 14.3. The monoisotopic (exact) mass is 316 g/mol. The number of carbonyl (C=O) groups is 1. The summed E-state index contributed by atoms with van der Waals surface area (Å²) in [4.78, 5) is 14.4. The maximum atomic E-state index is 12.3. The molecule has 126 valence electrons. The lowest BCUT2D eigenvalue weighted by molar-refractivity contribution is -0.134. The molecule has 1 N–H and O–H groups in total. The molecule has 1 amide bonds. The molecule has 2 aliphatic rings. The summed E-state index contributed by atoms with van der Waals surface area (Å²) in [5.74, 6) is 2.20. The molecule has 23 heavy (non-hydrogen) atoms. The lowest BCUT2D eigenvalue weighted by Gasteiger charge is -2.39. The van der Waals surface area contributed by atoms with Gasteiger partial charge in [0.25, 0.3) is 0 Å². The van der Waals surface area contributed by atoms with Crippen molar-refractivity contribution in [3.8, 4) is 5.75 Å². The summed E-state index contributed by atoms with van der Waals surface area (Å²) in [7, 11) is 1.69. The van der Waals surface area contributed by atoms with Crippen LogP contribution < -0.4 is 10.1 Å². The second-order valence-electron chi connectivity index (χ2n) is 6.85. The standard InChI is InChI=1S/C19H28N2O2/c1-3-15-13-21(19(22)16-6-7-16)11-10-18(15)20-12-14-4-8-17(23-2)9-5-14/h4-5,8-9,15-16,18,20H,3,6-7,10-13H2,1-2H3/t15-,18-/m1/s1. The first-order chi connectivity index (χ1) is 11.2. The van der Waals surface area contributed by atoms with Crippen LogP contribution >= 0.6 is 0 Å². The van der Waals surface area contributed by atoms with Crippen molar-refractivity contribution in [2.45, 2.75) is 45.2 Å². The lowest BCUT2D eigenvalue weighted by atomic mass is 9.89. The third kappa shape index (κ3) is 4.05. The van der Waals surface area contributed by atoms with E-state index < -0.39 is 0 Å². The number of amides is 1. The maximum absolute atomic E-state index is 12.3. The largest absolute Gasteiger partial charge is 0.497 e. The molecule has 0 aromatic heterocycles. The average molecular weight is 316 g/mol. The van der Waals surface area contributed by atoms with Crippen LogP contribution in [-0.4, -0.2) is 37.0 Å². The van der Waals surface area contributed by atoms with Gasteiger partial charge in [-0.15, -0.1) is 0 Å². The molecule has 1 saturated carbocycles. The van der Waals surface area contributed by atoms with Crippen LogP contribution in [0.4, 0.5) is 0 Å². The predicted octanol–water partition coefficient (Wildman–Crippen LogP) is 2.82. The molecule has 1 aliphatic heterocycles. The Balaban J connectivity index is 1.52. The van der Waals surface area contributed by atoms with E-state index in [1.54, 1.807) is 7.11 Å². The van der Waals surface area contributed by atoms with Crippen LogP contribution in [0, 0.1) is 11.8 Å². The minimum Gasteiger partial charge on any atom is -0.497 e. The first kappa shape index (κ1) is 16.3. The predicted molar refractivity (Wildman–Crippen MR) is 91.3 cm³/mol. The number of rotatable bonds is 6. The zero-order valence-corrected chi connectivity index (χ0v) is 14.3. The van der Waals surface area contributed by atoms with Gasteiger partial charge in [0.1, 0.15) is 5.75 Å². The van der Waals surface area contributed by atoms with Crippen LogP contribution in [0.1, 0.15) is 38.2 Å². The average Bonchev–Trinajstić information content (AvgIpc) is 3.44. The van der Waals surface area contributed by atoms with Crippen LogP contribution in [0.3, 0.4) is 0 Å². The molecule has 1 aromatic carbocycles. The number of ether oxygens (including phenoxy) is 1. The summed E-state index contributed by atoms with van der Waals surface area (Å²) in [5.41, 5.74) is 1.28. The van der Waals surface area contributed by atoms with E-state index in [9.17, 15) is 4.79 Å². The van der Waals surface area contributed by atoms with Crippen LogP contribution in [0.2, 0.25) is 0 Å². The number of carbonyl (C=O) groups excluding carboxylic acids is 1. The number of nitrogens with zero attached hydrogens (tertiary/aromatic N) is 1. The van der Waals surface area contributed by atoms with Crippen molar-refractivity contribution >= 4 is 5.91 Å². The van der Waals surface area contributed by atoms with E-state index in [0.29, 0.717) is 23.8 Å². The Kier molecular flexibility index (Phi) is 5.21. The van der Waals surface area contributed by atoms with Crippen molar-refractivity contribution in [3.63, 3.8) is 0 Å². The number of benzene rings is 1. The smallest absolute Gasteiger partial charge is 0.225 e. The summed E-state index contributed by atoms with van der Waals surface area (Å²) in [6, 6.07) is 8.73. The number of methoxy groups -OCH3 is 1. The second-order valence-corrected chi connectivity index (χ2v) is 6.85. The third-order valence-corrected chi connectivity index (χ3v) is 5.22. The minimum atomic E-state index is 0.344. The van der Waals surface area contributed by atoms with Gasteiger partial charge in [-0.1, -0.05) is 25.5 Å². The van der Waals surface area contributed by atoms with E-state index in [2.05, 4.69) is 29.3 Å². The van der Waals surface area contributed by atoms with Gasteiger partial charge in [0.05, 0.1) is 7.11 Å². The van der Waals surface area contributed by atoms with Gasteiger partial charge in [-0.05, 0) is 42.9 Å². The topological polar surface area (TPSA) is 41.6 Å². The van der Waals surface area contributed by atoms with Crippen molar-refractivity contribution in [1.29, 1.82) is 0 Å². The fraction of sp³-hybridized carbons (Fsp3) is 0.632. The quantitative estimate of drug-likeness (QED) is 0.877. The highest BCUT2D eigenvalue weighted by Gasteiger charge is 2.37. The molecule has 1 saturated heterocycles. The number of likely N-dealkylation sites (tertiary alicyclic amines) is 1. The van der Waals surface area contributed by atoms with E-state index in [1.807, 2.05) is 12.1 Å². The highest BCUT2D eigenvalue weighted by atomic mass is 16.5. The Morgan fingerprint density at radius 1 is 1.26 bits per heavy atom. The fourth-order valence-corrected chi connectivity index (χ4v) is 3.50. The summed E-state index contributed by atoms with van der Waals surface area (Å²) >= 11 is 0. The number of hydrogen-bond acceptors (Lipinski definition) is 3. The third-order valence-electron chi connectivity index (χ3n) is 5.22. The molecule has 0 spiro atoms. The highest BCUT2D eigenvalue weighted by Crippen LogP contribution is 2.33. The summed E-state index contributed by atoms with van der Waals surface area (Å²) in [6.07, 6.45) is 4.39. The van der Waals surface area contributed by atoms with Crippen molar-refractivity contribution in [1.82, 2.24) is 10.2 Å². The molecule has 0 radical (unpaired) electrons. The molecule has 0 bridgehead atoms. The second kappa shape index (κ2) is 7.35. The molecule has 1 aliphatic carbocycles. The molecule has 4 heteroatoms. The van der Waals surface area contributed by atoms with Gasteiger partial charge >= 0.3 is 0 Å². The molecular formula is C19H28N2O2. The molecule has 2 atom stereocenters. The molecule has 2 fully saturated rings. The van der Waals surface area contributed by atoms with Gasteiger partial charge in [-0.25, -0.2) is 0 Å². The van der Waals surface area contributed by atoms with Gasteiger partial charge in [0.15, 0.2) is 0 Å². The van der Waals surface area contributed by atoms with Crippen LogP contribution in [0.5, 0.6) is 5.75 Å². The molecule has 1 heterocycles. The minimum absolute atomic E-state index is 0.344. The van der Waals surface area contributed by atoms with Crippen molar-refractivity contribution < 1.29 is 9.53 Å². The molecule has 4 nitrogen and oxygen atoms in total. The highest BCUT2D eigenvalue weighted by molar-refractivity contribution is 5.81. The summed E-state index contributed by atoms with van der Waals surface area (Å²) in [5, 5.41) is 3.70. The summed E-state index contributed by atoms with van der Waals surface area (Å²) < 4.78 is 5.20. The zero-order chi connectivity index (χ0) is 16.2. The van der Waals surface area contributed by atoms with Gasteiger partial charge in [-0.2, -0.15) is 0 Å². The number of hydrogen-bond donors (Lipinski definition) is 1. The van der Waals surface area contributed by atoms with Gasteiger partial charge in [0, 0.05) is 31.6 Å². The first-order valence-electron chi connectivity index (χ1n) is 8.86. The van der Waals surface area contributed by atoms with Crippen molar-refractivity contribution in [2.24, 2.45) is 11.8 Å². The number of nitrogens with one attached hydrogen (secondary N) is 1. The molecule has 0 unspecified atom stereocenters. The van der Waals surface area contributed by atoms with E-state index in [0.717, 1.165) is 51.1 Å². The van der Waals surface area contributed by atoms with E-state index in [4.69, 9.17) is 4.74 Å². The normalized spacial score (nSPS) is 24.5. The van der Waals surface area contributed by atoms with E-state index in [-0.39, 0.29) is 0 Å². The maximum Gasteiger partial charge on any atom is 0.225 e. The van der Waals surface area contributed by atoms with Crippen LogP contribution in [-0.2, 0) is 11.3 Å². The van der Waals surface area contributed by atoms with Gasteiger partial charge in [-0.3, -0.25) is 4.79 Å².